The molecule has 0 fully saturated rings. The molecule has 1 unspecified atom stereocenters. The van der Waals surface area contributed by atoms with Crippen LogP contribution in [0.3, 0.4) is 0 Å². The zero-order valence-corrected chi connectivity index (χ0v) is 11.4. The van der Waals surface area contributed by atoms with E-state index in [4.69, 9.17) is 4.74 Å². The van der Waals surface area contributed by atoms with Crippen LogP contribution in [0.25, 0.3) is 0 Å². The summed E-state index contributed by atoms with van der Waals surface area (Å²) in [5.41, 5.74) is -0.148. The molecule has 1 aromatic rings. The second-order valence-corrected chi connectivity index (χ2v) is 4.86. The van der Waals surface area contributed by atoms with Crippen molar-refractivity contribution in [3.8, 4) is 0 Å². The van der Waals surface area contributed by atoms with Gasteiger partial charge in [0.1, 0.15) is 11.6 Å². The van der Waals surface area contributed by atoms with Crippen LogP contribution in [0.5, 0.6) is 0 Å². The SMILES string of the molecule is CCCNC(c1ccc(F)cc1F)C(C)(C)OC. The van der Waals surface area contributed by atoms with Crippen LogP contribution in [0.2, 0.25) is 0 Å². The van der Waals surface area contributed by atoms with Crippen molar-refractivity contribution in [2.45, 2.75) is 38.8 Å². The number of hydrogen-bond acceptors (Lipinski definition) is 2. The smallest absolute Gasteiger partial charge is 0.131 e. The Hall–Kier alpha value is -1.00. The fraction of sp³-hybridized carbons (Fsp3) is 0.571. The van der Waals surface area contributed by atoms with E-state index in [0.717, 1.165) is 19.0 Å². The highest BCUT2D eigenvalue weighted by molar-refractivity contribution is 5.24. The number of halogens is 2. The van der Waals surface area contributed by atoms with Gasteiger partial charge in [0.2, 0.25) is 0 Å². The summed E-state index contributed by atoms with van der Waals surface area (Å²) in [6.07, 6.45) is 0.930. The maximum Gasteiger partial charge on any atom is 0.131 e. The molecule has 4 heteroatoms. The first-order chi connectivity index (χ1) is 8.42. The Kier molecular flexibility index (Phi) is 5.23. The maximum absolute atomic E-state index is 13.9. The third kappa shape index (κ3) is 3.50. The number of ether oxygens (including phenoxy) is 1. The van der Waals surface area contributed by atoms with Crippen LogP contribution < -0.4 is 5.32 Å². The minimum atomic E-state index is -0.576. The molecule has 1 atom stereocenters. The van der Waals surface area contributed by atoms with Gasteiger partial charge in [-0.25, -0.2) is 8.78 Å². The lowest BCUT2D eigenvalue weighted by molar-refractivity contribution is -0.0120. The molecule has 2 nitrogen and oxygen atoms in total. The number of nitrogens with one attached hydrogen (secondary N) is 1. The summed E-state index contributed by atoms with van der Waals surface area (Å²) in [4.78, 5) is 0. The van der Waals surface area contributed by atoms with Gasteiger partial charge < -0.3 is 10.1 Å². The molecule has 0 aliphatic heterocycles. The van der Waals surface area contributed by atoms with Gasteiger partial charge in [-0.15, -0.1) is 0 Å². The predicted octanol–water partition coefficient (Wildman–Crippen LogP) is 3.43. The molecule has 1 rings (SSSR count). The van der Waals surface area contributed by atoms with E-state index in [0.29, 0.717) is 5.56 Å². The van der Waals surface area contributed by atoms with Crippen molar-refractivity contribution in [3.05, 3.63) is 35.4 Å². The molecule has 0 heterocycles. The molecule has 0 aromatic heterocycles. The Morgan fingerprint density at radius 1 is 1.33 bits per heavy atom. The van der Waals surface area contributed by atoms with Gasteiger partial charge in [0.05, 0.1) is 11.6 Å². The lowest BCUT2D eigenvalue weighted by Crippen LogP contribution is -2.41. The van der Waals surface area contributed by atoms with E-state index in [-0.39, 0.29) is 6.04 Å². The van der Waals surface area contributed by atoms with Crippen molar-refractivity contribution in [2.24, 2.45) is 0 Å². The Labute approximate surface area is 107 Å². The Balaban J connectivity index is 3.09. The fourth-order valence-electron chi connectivity index (χ4n) is 1.87. The third-order valence-corrected chi connectivity index (χ3v) is 3.09. The molecule has 0 saturated carbocycles. The third-order valence-electron chi connectivity index (χ3n) is 3.09. The van der Waals surface area contributed by atoms with E-state index in [1.54, 1.807) is 7.11 Å². The summed E-state index contributed by atoms with van der Waals surface area (Å²) in [6.45, 7) is 6.53. The summed E-state index contributed by atoms with van der Waals surface area (Å²) in [5.74, 6) is -1.12. The van der Waals surface area contributed by atoms with Crippen LogP contribution in [0, 0.1) is 11.6 Å². The number of methoxy groups -OCH3 is 1. The molecular formula is C14H21F2NO. The van der Waals surface area contributed by atoms with Gasteiger partial charge in [0.15, 0.2) is 0 Å². The van der Waals surface area contributed by atoms with E-state index >= 15 is 0 Å². The largest absolute Gasteiger partial charge is 0.377 e. The summed E-state index contributed by atoms with van der Waals surface area (Å²) < 4.78 is 32.2. The quantitative estimate of drug-likeness (QED) is 0.843. The Bertz CT molecular complexity index is 393. The van der Waals surface area contributed by atoms with Gasteiger partial charge in [-0.1, -0.05) is 13.0 Å². The molecule has 0 spiro atoms. The molecule has 0 aliphatic carbocycles. The van der Waals surface area contributed by atoms with Crippen LogP contribution in [0.15, 0.2) is 18.2 Å². The van der Waals surface area contributed by atoms with E-state index in [1.165, 1.54) is 12.1 Å². The first-order valence-electron chi connectivity index (χ1n) is 6.16. The van der Waals surface area contributed by atoms with Crippen molar-refractivity contribution in [1.29, 1.82) is 0 Å². The molecule has 1 N–H and O–H groups in total. The second kappa shape index (κ2) is 6.25. The fourth-order valence-corrected chi connectivity index (χ4v) is 1.87. The summed E-state index contributed by atoms with van der Waals surface area (Å²) in [6, 6.07) is 3.33. The summed E-state index contributed by atoms with van der Waals surface area (Å²) in [7, 11) is 1.59. The number of hydrogen-bond donors (Lipinski definition) is 1. The van der Waals surface area contributed by atoms with Crippen molar-refractivity contribution < 1.29 is 13.5 Å². The molecule has 0 aliphatic rings. The highest BCUT2D eigenvalue weighted by Gasteiger charge is 2.32. The average Bonchev–Trinajstić information content (AvgIpc) is 2.31. The zero-order valence-electron chi connectivity index (χ0n) is 11.4. The molecule has 0 radical (unpaired) electrons. The van der Waals surface area contributed by atoms with Crippen molar-refractivity contribution in [3.63, 3.8) is 0 Å². The van der Waals surface area contributed by atoms with Crippen molar-refractivity contribution >= 4 is 0 Å². The first kappa shape index (κ1) is 15.1. The Morgan fingerprint density at radius 2 is 2.00 bits per heavy atom. The van der Waals surface area contributed by atoms with Crippen LogP contribution in [-0.2, 0) is 4.74 Å². The maximum atomic E-state index is 13.9. The predicted molar refractivity (Wildman–Crippen MR) is 68.5 cm³/mol. The van der Waals surface area contributed by atoms with E-state index < -0.39 is 17.2 Å². The highest BCUT2D eigenvalue weighted by Crippen LogP contribution is 2.30. The van der Waals surface area contributed by atoms with Crippen LogP contribution in [0.1, 0.15) is 38.8 Å². The number of rotatable bonds is 6. The van der Waals surface area contributed by atoms with E-state index in [1.807, 2.05) is 20.8 Å². The van der Waals surface area contributed by atoms with Gasteiger partial charge in [0.25, 0.3) is 0 Å². The molecule has 0 amide bonds. The summed E-state index contributed by atoms with van der Waals surface area (Å²) in [5, 5.41) is 3.25. The lowest BCUT2D eigenvalue weighted by atomic mass is 9.91. The van der Waals surface area contributed by atoms with Gasteiger partial charge in [-0.3, -0.25) is 0 Å². The van der Waals surface area contributed by atoms with E-state index in [9.17, 15) is 8.78 Å². The van der Waals surface area contributed by atoms with E-state index in [2.05, 4.69) is 5.32 Å². The van der Waals surface area contributed by atoms with Crippen LogP contribution in [0.4, 0.5) is 8.78 Å². The lowest BCUT2D eigenvalue weighted by Gasteiger charge is -2.34. The molecule has 102 valence electrons. The zero-order chi connectivity index (χ0) is 13.8. The first-order valence-corrected chi connectivity index (χ1v) is 6.16. The Morgan fingerprint density at radius 3 is 2.50 bits per heavy atom. The molecule has 1 aromatic carbocycles. The van der Waals surface area contributed by atoms with Crippen LogP contribution >= 0.6 is 0 Å². The van der Waals surface area contributed by atoms with Gasteiger partial charge in [-0.05, 0) is 32.9 Å². The molecule has 18 heavy (non-hydrogen) atoms. The van der Waals surface area contributed by atoms with Crippen molar-refractivity contribution in [2.75, 3.05) is 13.7 Å². The topological polar surface area (TPSA) is 21.3 Å². The van der Waals surface area contributed by atoms with Crippen LogP contribution in [-0.4, -0.2) is 19.3 Å². The van der Waals surface area contributed by atoms with Gasteiger partial charge in [-0.2, -0.15) is 0 Å². The molecular weight excluding hydrogens is 236 g/mol. The monoisotopic (exact) mass is 257 g/mol. The standard InChI is InChI=1S/C14H21F2NO/c1-5-8-17-13(14(2,3)18-4)11-7-6-10(15)9-12(11)16/h6-7,9,13,17H,5,8H2,1-4H3. The van der Waals surface area contributed by atoms with Crippen molar-refractivity contribution in [1.82, 2.24) is 5.32 Å². The van der Waals surface area contributed by atoms with Gasteiger partial charge in [0, 0.05) is 18.7 Å². The minimum Gasteiger partial charge on any atom is -0.377 e. The average molecular weight is 257 g/mol. The number of benzene rings is 1. The molecule has 0 saturated heterocycles. The molecule has 0 bridgehead atoms. The highest BCUT2D eigenvalue weighted by atomic mass is 19.1. The van der Waals surface area contributed by atoms with Gasteiger partial charge >= 0.3 is 0 Å². The summed E-state index contributed by atoms with van der Waals surface area (Å²) >= 11 is 0. The minimum absolute atomic E-state index is 0.317. The normalized spacial score (nSPS) is 13.7. The second-order valence-electron chi connectivity index (χ2n) is 4.86.